The molecule has 0 aliphatic carbocycles. The maximum Gasteiger partial charge on any atom is 0.303 e. The van der Waals surface area contributed by atoms with Crippen molar-refractivity contribution in [2.24, 2.45) is 7.05 Å². The van der Waals surface area contributed by atoms with Crippen molar-refractivity contribution < 1.29 is 14.7 Å². The van der Waals surface area contributed by atoms with Crippen LogP contribution in [0.2, 0.25) is 0 Å². The van der Waals surface area contributed by atoms with Gasteiger partial charge in [0.1, 0.15) is 5.69 Å². The summed E-state index contributed by atoms with van der Waals surface area (Å²) in [5.74, 6) is -1.14. The molecule has 0 spiro atoms. The molecule has 0 aliphatic heterocycles. The van der Waals surface area contributed by atoms with E-state index in [0.717, 1.165) is 0 Å². The zero-order valence-corrected chi connectivity index (χ0v) is 12.5. The van der Waals surface area contributed by atoms with E-state index in [1.165, 1.54) is 0 Å². The van der Waals surface area contributed by atoms with Crippen LogP contribution in [0, 0.1) is 0 Å². The lowest BCUT2D eigenvalue weighted by molar-refractivity contribution is -0.136. The molecule has 7 heteroatoms. The number of hydrogen-bond acceptors (Lipinski definition) is 4. The first-order valence-corrected chi connectivity index (χ1v) is 6.94. The second-order valence-corrected chi connectivity index (χ2v) is 5.06. The number of nitrogens with zero attached hydrogens (tertiary/aromatic N) is 3. The molecule has 2 N–H and O–H groups in total. The highest BCUT2D eigenvalue weighted by Crippen LogP contribution is 2.14. The smallest absolute Gasteiger partial charge is 0.303 e. The van der Waals surface area contributed by atoms with E-state index in [-0.39, 0.29) is 18.4 Å². The van der Waals surface area contributed by atoms with Crippen LogP contribution in [0.1, 0.15) is 41.0 Å². The van der Waals surface area contributed by atoms with Crippen molar-refractivity contribution in [3.63, 3.8) is 0 Å². The molecule has 0 aliphatic rings. The van der Waals surface area contributed by atoms with E-state index in [1.807, 2.05) is 6.92 Å². The Morgan fingerprint density at radius 2 is 2.09 bits per heavy atom. The first-order chi connectivity index (χ1) is 10.5. The third-order valence-corrected chi connectivity index (χ3v) is 3.28. The number of amides is 1. The summed E-state index contributed by atoms with van der Waals surface area (Å²) in [4.78, 5) is 23.1. The summed E-state index contributed by atoms with van der Waals surface area (Å²) < 4.78 is 1.57. The fourth-order valence-electron chi connectivity index (χ4n) is 2.11. The van der Waals surface area contributed by atoms with Crippen LogP contribution in [0.5, 0.6) is 0 Å². The van der Waals surface area contributed by atoms with Crippen molar-refractivity contribution in [3.05, 3.63) is 47.3 Å². The Balaban J connectivity index is 2.10. The maximum atomic E-state index is 12.4. The topological polar surface area (TPSA) is 97.1 Å². The van der Waals surface area contributed by atoms with E-state index in [1.54, 1.807) is 42.2 Å². The number of carboxylic acids is 1. The molecule has 7 nitrogen and oxygen atoms in total. The van der Waals surface area contributed by atoms with Crippen LogP contribution in [0.25, 0.3) is 0 Å². The quantitative estimate of drug-likeness (QED) is 0.839. The second-order valence-electron chi connectivity index (χ2n) is 5.06. The Morgan fingerprint density at radius 3 is 2.73 bits per heavy atom. The van der Waals surface area contributed by atoms with Gasteiger partial charge in [0.05, 0.1) is 12.2 Å². The third-order valence-electron chi connectivity index (χ3n) is 3.28. The highest BCUT2D eigenvalue weighted by Gasteiger charge is 2.16. The van der Waals surface area contributed by atoms with Crippen LogP contribution in [0.3, 0.4) is 0 Å². The number of carbonyl (C=O) groups excluding carboxylic acids is 1. The molecule has 2 aromatic rings. The molecule has 2 rings (SSSR count). The van der Waals surface area contributed by atoms with Gasteiger partial charge >= 0.3 is 5.97 Å². The monoisotopic (exact) mass is 302 g/mol. The summed E-state index contributed by atoms with van der Waals surface area (Å²) in [6.45, 7) is 1.82. The molecular formula is C15H18N4O3. The highest BCUT2D eigenvalue weighted by molar-refractivity contribution is 5.96. The van der Waals surface area contributed by atoms with Gasteiger partial charge in [-0.15, -0.1) is 5.10 Å². The van der Waals surface area contributed by atoms with Crippen molar-refractivity contribution in [2.75, 3.05) is 0 Å². The molecule has 1 aromatic carbocycles. The lowest BCUT2D eigenvalue weighted by Crippen LogP contribution is -2.27. The fourth-order valence-corrected chi connectivity index (χ4v) is 2.11. The zero-order valence-electron chi connectivity index (χ0n) is 12.5. The van der Waals surface area contributed by atoms with E-state index >= 15 is 0 Å². The Morgan fingerprint density at radius 1 is 1.36 bits per heavy atom. The Bertz CT molecular complexity index is 681. The average molecular weight is 302 g/mol. The molecule has 0 fully saturated rings. The number of aryl methyl sites for hydroxylation is 2. The summed E-state index contributed by atoms with van der Waals surface area (Å²) in [5, 5.41) is 19.4. The van der Waals surface area contributed by atoms with E-state index in [0.29, 0.717) is 23.2 Å². The molecule has 0 saturated heterocycles. The highest BCUT2D eigenvalue weighted by atomic mass is 16.4. The molecule has 0 saturated carbocycles. The van der Waals surface area contributed by atoms with Gasteiger partial charge in [-0.2, -0.15) is 0 Å². The number of nitrogens with one attached hydrogen (secondary N) is 1. The number of rotatable bonds is 6. The van der Waals surface area contributed by atoms with Crippen LogP contribution in [0.4, 0.5) is 0 Å². The lowest BCUT2D eigenvalue weighted by atomic mass is 10.0. The summed E-state index contributed by atoms with van der Waals surface area (Å²) in [6.07, 6.45) is 2.05. The van der Waals surface area contributed by atoms with Crippen molar-refractivity contribution in [3.8, 4) is 0 Å². The van der Waals surface area contributed by atoms with Crippen molar-refractivity contribution in [1.82, 2.24) is 20.3 Å². The van der Waals surface area contributed by atoms with Crippen molar-refractivity contribution in [1.29, 1.82) is 0 Å². The number of aliphatic carboxylic acids is 1. The second kappa shape index (κ2) is 6.84. The molecule has 1 amide bonds. The van der Waals surface area contributed by atoms with Crippen LogP contribution in [-0.4, -0.2) is 32.0 Å². The van der Waals surface area contributed by atoms with Gasteiger partial charge in [-0.3, -0.25) is 14.3 Å². The summed E-state index contributed by atoms with van der Waals surface area (Å²) in [7, 11) is 1.76. The average Bonchev–Trinajstić information content (AvgIpc) is 2.92. The van der Waals surface area contributed by atoms with Crippen molar-refractivity contribution >= 4 is 11.9 Å². The predicted octanol–water partition coefficient (Wildman–Crippen LogP) is 1.32. The number of hydrogen-bond donors (Lipinski definition) is 2. The largest absolute Gasteiger partial charge is 0.481 e. The van der Waals surface area contributed by atoms with Gasteiger partial charge in [-0.05, 0) is 25.0 Å². The summed E-state index contributed by atoms with van der Waals surface area (Å²) in [5.41, 5.74) is 1.87. The summed E-state index contributed by atoms with van der Waals surface area (Å²) in [6, 6.07) is 6.72. The zero-order chi connectivity index (χ0) is 16.1. The normalized spacial score (nSPS) is 11.9. The molecule has 1 heterocycles. The van der Waals surface area contributed by atoms with Crippen molar-refractivity contribution in [2.45, 2.75) is 25.8 Å². The van der Waals surface area contributed by atoms with Gasteiger partial charge in [-0.1, -0.05) is 23.4 Å². The van der Waals surface area contributed by atoms with Gasteiger partial charge in [0.2, 0.25) is 0 Å². The molecule has 116 valence electrons. The van der Waals surface area contributed by atoms with E-state index < -0.39 is 5.97 Å². The minimum Gasteiger partial charge on any atom is -0.481 e. The van der Waals surface area contributed by atoms with Crippen LogP contribution < -0.4 is 5.32 Å². The first kappa shape index (κ1) is 15.7. The molecule has 1 unspecified atom stereocenters. The number of aromatic nitrogens is 3. The SMILES string of the molecule is CC(NC(=O)c1ccccc1CCC(=O)O)c1cn(C)nn1. The fraction of sp³-hybridized carbons (Fsp3) is 0.333. The van der Waals surface area contributed by atoms with Gasteiger partial charge in [-0.25, -0.2) is 0 Å². The van der Waals surface area contributed by atoms with Gasteiger partial charge in [0, 0.05) is 19.0 Å². The molecular weight excluding hydrogens is 284 g/mol. The minimum absolute atomic E-state index is 0.00991. The van der Waals surface area contributed by atoms with E-state index in [9.17, 15) is 9.59 Å². The van der Waals surface area contributed by atoms with E-state index in [4.69, 9.17) is 5.11 Å². The molecule has 22 heavy (non-hydrogen) atoms. The van der Waals surface area contributed by atoms with Crippen LogP contribution in [-0.2, 0) is 18.3 Å². The Kier molecular flexibility index (Phi) is 4.88. The van der Waals surface area contributed by atoms with Crippen LogP contribution in [0.15, 0.2) is 30.5 Å². The minimum atomic E-state index is -0.886. The summed E-state index contributed by atoms with van der Waals surface area (Å²) >= 11 is 0. The maximum absolute atomic E-state index is 12.4. The third kappa shape index (κ3) is 3.91. The van der Waals surface area contributed by atoms with Gasteiger partial charge in [0.15, 0.2) is 0 Å². The Labute approximate surface area is 128 Å². The molecule has 1 atom stereocenters. The number of carboxylic acid groups (broad SMARTS) is 1. The number of benzene rings is 1. The first-order valence-electron chi connectivity index (χ1n) is 6.94. The lowest BCUT2D eigenvalue weighted by Gasteiger charge is -2.13. The van der Waals surface area contributed by atoms with Gasteiger partial charge < -0.3 is 10.4 Å². The van der Waals surface area contributed by atoms with Gasteiger partial charge in [0.25, 0.3) is 5.91 Å². The molecule has 0 bridgehead atoms. The van der Waals surface area contributed by atoms with Crippen LogP contribution >= 0.6 is 0 Å². The predicted molar refractivity (Wildman–Crippen MR) is 79.3 cm³/mol. The van der Waals surface area contributed by atoms with E-state index in [2.05, 4.69) is 15.6 Å². The molecule has 1 aromatic heterocycles. The standard InChI is InChI=1S/C15H18N4O3/c1-10(13-9-19(2)18-17-13)16-15(22)12-6-4-3-5-11(12)7-8-14(20)21/h3-6,9-10H,7-8H2,1-2H3,(H,16,22)(H,20,21). The number of carbonyl (C=O) groups is 2. The Hall–Kier alpha value is -2.70. The molecule has 0 radical (unpaired) electrons.